The molecule has 0 aliphatic carbocycles. The normalized spacial score (nSPS) is 19.8. The number of ether oxygens (including phenoxy) is 2. The third-order valence-corrected chi connectivity index (χ3v) is 4.44. The van der Waals surface area contributed by atoms with Crippen LogP contribution in [0.3, 0.4) is 0 Å². The average Bonchev–Trinajstić information content (AvgIpc) is 2.52. The fourth-order valence-electron chi connectivity index (χ4n) is 1.17. The Hall–Kier alpha value is -0.700. The van der Waals surface area contributed by atoms with Crippen LogP contribution in [0.2, 0.25) is 0 Å². The van der Waals surface area contributed by atoms with E-state index in [4.69, 9.17) is 20.2 Å². The molecule has 0 radical (unpaired) electrons. The van der Waals surface area contributed by atoms with E-state index in [2.05, 4.69) is 0 Å². The molecule has 5 nitrogen and oxygen atoms in total. The van der Waals surface area contributed by atoms with Crippen LogP contribution in [0.15, 0.2) is 10.3 Å². The first-order chi connectivity index (χ1) is 7.89. The van der Waals surface area contributed by atoms with Crippen LogP contribution in [0.25, 0.3) is 0 Å². The van der Waals surface area contributed by atoms with Crippen LogP contribution in [0.5, 0.6) is 0 Å². The van der Waals surface area contributed by atoms with Crippen LogP contribution in [-0.4, -0.2) is 27.3 Å². The SMILES string of the molecule is O=C(OC1CCO1)c1scc(F)c1S(=O)(=O)Cl. The van der Waals surface area contributed by atoms with Gasteiger partial charge in [0, 0.05) is 22.5 Å². The maximum absolute atomic E-state index is 13.2. The lowest BCUT2D eigenvalue weighted by atomic mass is 10.3. The summed E-state index contributed by atoms with van der Waals surface area (Å²) in [5.74, 6) is -2.02. The topological polar surface area (TPSA) is 69.7 Å². The Balaban J connectivity index is 2.29. The Labute approximate surface area is 105 Å². The fourth-order valence-corrected chi connectivity index (χ4v) is 3.60. The van der Waals surface area contributed by atoms with Crippen molar-refractivity contribution in [2.75, 3.05) is 6.61 Å². The summed E-state index contributed by atoms with van der Waals surface area (Å²) in [5, 5.41) is 0.882. The lowest BCUT2D eigenvalue weighted by Gasteiger charge is -2.25. The van der Waals surface area contributed by atoms with Crippen LogP contribution >= 0.6 is 22.0 Å². The molecule has 0 aromatic carbocycles. The summed E-state index contributed by atoms with van der Waals surface area (Å²) < 4.78 is 45.0. The molecular weight excluding hydrogens is 295 g/mol. The van der Waals surface area contributed by atoms with Gasteiger partial charge in [0.15, 0.2) is 5.82 Å². The number of hydrogen-bond donors (Lipinski definition) is 0. The minimum absolute atomic E-state index is 0.381. The predicted molar refractivity (Wildman–Crippen MR) is 57.1 cm³/mol. The zero-order valence-electron chi connectivity index (χ0n) is 8.18. The summed E-state index contributed by atoms with van der Waals surface area (Å²) in [6, 6.07) is 0. The Morgan fingerprint density at radius 2 is 2.29 bits per heavy atom. The Morgan fingerprint density at radius 1 is 1.65 bits per heavy atom. The fraction of sp³-hybridized carbons (Fsp3) is 0.375. The Kier molecular flexibility index (Phi) is 3.39. The zero-order chi connectivity index (χ0) is 12.6. The molecule has 2 rings (SSSR count). The molecule has 0 saturated carbocycles. The number of esters is 1. The molecule has 94 valence electrons. The molecule has 1 atom stereocenters. The number of carbonyl (C=O) groups excluding carboxylic acids is 1. The van der Waals surface area contributed by atoms with Crippen molar-refractivity contribution in [1.82, 2.24) is 0 Å². The van der Waals surface area contributed by atoms with Gasteiger partial charge in [-0.2, -0.15) is 0 Å². The van der Waals surface area contributed by atoms with Crippen LogP contribution < -0.4 is 0 Å². The maximum atomic E-state index is 13.2. The van der Waals surface area contributed by atoms with E-state index in [1.165, 1.54) is 0 Å². The molecule has 17 heavy (non-hydrogen) atoms. The molecule has 0 spiro atoms. The summed E-state index contributed by atoms with van der Waals surface area (Å²) in [6.07, 6.45) is -0.165. The first-order valence-electron chi connectivity index (χ1n) is 4.44. The van der Waals surface area contributed by atoms with Crippen LogP contribution in [0.4, 0.5) is 4.39 Å². The molecule has 1 aromatic heterocycles. The molecular formula is C8H6ClFO5S2. The van der Waals surface area contributed by atoms with Gasteiger partial charge in [-0.15, -0.1) is 11.3 Å². The molecule has 1 aromatic rings. The van der Waals surface area contributed by atoms with Gasteiger partial charge in [-0.25, -0.2) is 17.6 Å². The van der Waals surface area contributed by atoms with E-state index in [0.29, 0.717) is 24.4 Å². The van der Waals surface area contributed by atoms with Crippen LogP contribution in [0.1, 0.15) is 16.1 Å². The summed E-state index contributed by atoms with van der Waals surface area (Å²) in [6.45, 7) is 0.470. The summed E-state index contributed by atoms with van der Waals surface area (Å²) >= 11 is 0.619. The summed E-state index contributed by atoms with van der Waals surface area (Å²) in [5.41, 5.74) is 0. The van der Waals surface area contributed by atoms with E-state index in [0.717, 1.165) is 5.38 Å². The standard InChI is InChI=1S/C8H6ClFO5S2/c9-17(12,13)7-4(10)3-16-6(7)8(11)15-5-1-2-14-5/h3,5H,1-2H2. The lowest BCUT2D eigenvalue weighted by Crippen LogP contribution is -2.31. The lowest BCUT2D eigenvalue weighted by molar-refractivity contribution is -0.184. The zero-order valence-corrected chi connectivity index (χ0v) is 10.6. The quantitative estimate of drug-likeness (QED) is 0.628. The van der Waals surface area contributed by atoms with Gasteiger partial charge in [0.05, 0.1) is 6.61 Å². The highest BCUT2D eigenvalue weighted by Crippen LogP contribution is 2.30. The van der Waals surface area contributed by atoms with Gasteiger partial charge in [0.1, 0.15) is 9.77 Å². The number of halogens is 2. The number of rotatable bonds is 3. The van der Waals surface area contributed by atoms with Crippen molar-refractivity contribution in [3.63, 3.8) is 0 Å². The highest BCUT2D eigenvalue weighted by Gasteiger charge is 2.31. The summed E-state index contributed by atoms with van der Waals surface area (Å²) in [7, 11) is 0.714. The number of hydrogen-bond acceptors (Lipinski definition) is 6. The van der Waals surface area contributed by atoms with Gasteiger partial charge in [0.25, 0.3) is 9.05 Å². The smallest absolute Gasteiger partial charge is 0.352 e. The third kappa shape index (κ3) is 2.59. The van der Waals surface area contributed by atoms with E-state index in [1.54, 1.807) is 0 Å². The first kappa shape index (κ1) is 12.7. The van der Waals surface area contributed by atoms with Gasteiger partial charge in [-0.1, -0.05) is 0 Å². The molecule has 2 heterocycles. The molecule has 1 aliphatic heterocycles. The Bertz CT molecular complexity index is 548. The monoisotopic (exact) mass is 300 g/mol. The van der Waals surface area contributed by atoms with E-state index >= 15 is 0 Å². The van der Waals surface area contributed by atoms with Gasteiger partial charge in [0.2, 0.25) is 6.29 Å². The van der Waals surface area contributed by atoms with Gasteiger partial charge in [-0.05, 0) is 0 Å². The van der Waals surface area contributed by atoms with Crippen molar-refractivity contribution in [3.8, 4) is 0 Å². The number of carbonyl (C=O) groups is 1. The Morgan fingerprint density at radius 3 is 2.76 bits per heavy atom. The highest BCUT2D eigenvalue weighted by atomic mass is 35.7. The minimum Gasteiger partial charge on any atom is -0.431 e. The van der Waals surface area contributed by atoms with E-state index < -0.39 is 32.0 Å². The van der Waals surface area contributed by atoms with E-state index in [-0.39, 0.29) is 4.88 Å². The highest BCUT2D eigenvalue weighted by molar-refractivity contribution is 8.13. The largest absolute Gasteiger partial charge is 0.431 e. The summed E-state index contributed by atoms with van der Waals surface area (Å²) in [4.78, 5) is 10.3. The van der Waals surface area contributed by atoms with Crippen LogP contribution in [0, 0.1) is 5.82 Å². The second kappa shape index (κ2) is 4.52. The van der Waals surface area contributed by atoms with Gasteiger partial charge in [-0.3, -0.25) is 0 Å². The molecule has 0 N–H and O–H groups in total. The van der Waals surface area contributed by atoms with Gasteiger partial charge >= 0.3 is 5.97 Å². The second-order valence-corrected chi connectivity index (χ2v) is 6.56. The van der Waals surface area contributed by atoms with Crippen molar-refractivity contribution >= 4 is 37.0 Å². The van der Waals surface area contributed by atoms with E-state index in [9.17, 15) is 17.6 Å². The predicted octanol–water partition coefficient (Wildman–Crippen LogP) is 1.72. The molecule has 1 fully saturated rings. The first-order valence-corrected chi connectivity index (χ1v) is 7.62. The van der Waals surface area contributed by atoms with Crippen molar-refractivity contribution < 1.29 is 27.1 Å². The third-order valence-electron chi connectivity index (χ3n) is 2.03. The van der Waals surface area contributed by atoms with Crippen LogP contribution in [-0.2, 0) is 18.5 Å². The molecule has 1 unspecified atom stereocenters. The van der Waals surface area contributed by atoms with Crippen molar-refractivity contribution in [3.05, 3.63) is 16.1 Å². The molecule has 9 heteroatoms. The molecule has 0 bridgehead atoms. The van der Waals surface area contributed by atoms with Crippen molar-refractivity contribution in [2.45, 2.75) is 17.6 Å². The van der Waals surface area contributed by atoms with E-state index in [1.807, 2.05) is 0 Å². The van der Waals surface area contributed by atoms with Crippen molar-refractivity contribution in [1.29, 1.82) is 0 Å². The molecule has 1 saturated heterocycles. The molecule has 1 aliphatic rings. The minimum atomic E-state index is -4.32. The molecule has 0 amide bonds. The van der Waals surface area contributed by atoms with Crippen molar-refractivity contribution in [2.24, 2.45) is 0 Å². The maximum Gasteiger partial charge on any atom is 0.352 e. The number of thiophene rings is 1. The van der Waals surface area contributed by atoms with Gasteiger partial charge < -0.3 is 9.47 Å². The second-order valence-electron chi connectivity index (χ2n) is 3.17. The average molecular weight is 301 g/mol.